The lowest BCUT2D eigenvalue weighted by atomic mass is 10.1. The van der Waals surface area contributed by atoms with E-state index in [0.717, 1.165) is 15.6 Å². The van der Waals surface area contributed by atoms with Crippen LogP contribution in [-0.2, 0) is 4.79 Å². The van der Waals surface area contributed by atoms with E-state index in [0.29, 0.717) is 11.5 Å². The van der Waals surface area contributed by atoms with E-state index < -0.39 is 0 Å². The SMILES string of the molecule is COc1cccc(OC)c1/C=C/C(=O)NC(C)c1ccc(Br)cc1. The molecule has 126 valence electrons. The van der Waals surface area contributed by atoms with Crippen LogP contribution in [0.3, 0.4) is 0 Å². The number of hydrogen-bond acceptors (Lipinski definition) is 3. The molecule has 0 fully saturated rings. The standard InChI is InChI=1S/C19H20BrNO3/c1-13(14-7-9-15(20)10-8-14)21-19(22)12-11-16-17(23-2)5-4-6-18(16)24-3/h4-13H,1-3H3,(H,21,22)/b12-11+. The Morgan fingerprint density at radius 3 is 2.21 bits per heavy atom. The highest BCUT2D eigenvalue weighted by atomic mass is 79.9. The second-order valence-electron chi connectivity index (χ2n) is 5.19. The zero-order chi connectivity index (χ0) is 17.5. The molecule has 0 heterocycles. The third-order valence-corrected chi connectivity index (χ3v) is 4.12. The Hall–Kier alpha value is -2.27. The van der Waals surface area contributed by atoms with Crippen LogP contribution in [0.25, 0.3) is 6.08 Å². The number of nitrogens with one attached hydrogen (secondary N) is 1. The van der Waals surface area contributed by atoms with Crippen LogP contribution in [-0.4, -0.2) is 20.1 Å². The fourth-order valence-corrected chi connectivity index (χ4v) is 2.56. The van der Waals surface area contributed by atoms with Crippen molar-refractivity contribution >= 4 is 27.9 Å². The first-order valence-electron chi connectivity index (χ1n) is 7.50. The lowest BCUT2D eigenvalue weighted by Crippen LogP contribution is -2.24. The molecular weight excluding hydrogens is 370 g/mol. The lowest BCUT2D eigenvalue weighted by molar-refractivity contribution is -0.117. The molecule has 0 radical (unpaired) electrons. The van der Waals surface area contributed by atoms with Gasteiger partial charge < -0.3 is 14.8 Å². The number of hydrogen-bond donors (Lipinski definition) is 1. The average molecular weight is 390 g/mol. The van der Waals surface area contributed by atoms with Crippen LogP contribution in [0.15, 0.2) is 53.0 Å². The van der Waals surface area contributed by atoms with Gasteiger partial charge in [-0.3, -0.25) is 4.79 Å². The molecule has 0 bridgehead atoms. The molecule has 2 aromatic rings. The van der Waals surface area contributed by atoms with Crippen LogP contribution >= 0.6 is 15.9 Å². The molecule has 1 atom stereocenters. The smallest absolute Gasteiger partial charge is 0.244 e. The molecule has 4 nitrogen and oxygen atoms in total. The summed E-state index contributed by atoms with van der Waals surface area (Å²) in [6.07, 6.45) is 3.18. The third-order valence-electron chi connectivity index (χ3n) is 3.60. The molecule has 24 heavy (non-hydrogen) atoms. The molecule has 1 N–H and O–H groups in total. The van der Waals surface area contributed by atoms with E-state index in [-0.39, 0.29) is 11.9 Å². The quantitative estimate of drug-likeness (QED) is 0.746. The van der Waals surface area contributed by atoms with Crippen molar-refractivity contribution in [2.75, 3.05) is 14.2 Å². The van der Waals surface area contributed by atoms with Gasteiger partial charge in [-0.1, -0.05) is 34.1 Å². The lowest BCUT2D eigenvalue weighted by Gasteiger charge is -2.13. The minimum atomic E-state index is -0.182. The molecule has 1 unspecified atom stereocenters. The van der Waals surface area contributed by atoms with Crippen LogP contribution in [0, 0.1) is 0 Å². The third kappa shape index (κ3) is 4.61. The molecule has 2 aromatic carbocycles. The summed E-state index contributed by atoms with van der Waals surface area (Å²) >= 11 is 3.40. The van der Waals surface area contributed by atoms with Crippen molar-refractivity contribution in [1.82, 2.24) is 5.32 Å². The molecule has 0 spiro atoms. The zero-order valence-electron chi connectivity index (χ0n) is 13.9. The molecule has 2 rings (SSSR count). The number of benzene rings is 2. The molecule has 0 aliphatic carbocycles. The highest BCUT2D eigenvalue weighted by Crippen LogP contribution is 2.29. The Morgan fingerprint density at radius 1 is 1.08 bits per heavy atom. The summed E-state index contributed by atoms with van der Waals surface area (Å²) in [6, 6.07) is 13.2. The Labute approximate surface area is 150 Å². The number of methoxy groups -OCH3 is 2. The first-order chi connectivity index (χ1) is 11.5. The van der Waals surface area contributed by atoms with Crippen molar-refractivity contribution in [3.63, 3.8) is 0 Å². The number of carbonyl (C=O) groups excluding carboxylic acids is 1. The molecule has 1 amide bonds. The van der Waals surface area contributed by atoms with Crippen molar-refractivity contribution in [2.24, 2.45) is 0 Å². The summed E-state index contributed by atoms with van der Waals surface area (Å²) in [5.74, 6) is 1.12. The molecule has 0 saturated carbocycles. The van der Waals surface area contributed by atoms with Crippen LogP contribution in [0.1, 0.15) is 24.1 Å². The molecule has 5 heteroatoms. The first-order valence-corrected chi connectivity index (χ1v) is 8.29. The monoisotopic (exact) mass is 389 g/mol. The summed E-state index contributed by atoms with van der Waals surface area (Å²) in [4.78, 5) is 12.2. The van der Waals surface area contributed by atoms with Gasteiger partial charge in [0.05, 0.1) is 25.8 Å². The fourth-order valence-electron chi connectivity index (χ4n) is 2.30. The first kappa shape index (κ1) is 18.1. The van der Waals surface area contributed by atoms with Crippen molar-refractivity contribution in [3.8, 4) is 11.5 Å². The molecule has 0 saturated heterocycles. The predicted molar refractivity (Wildman–Crippen MR) is 99.3 cm³/mol. The fraction of sp³-hybridized carbons (Fsp3) is 0.211. The summed E-state index contributed by atoms with van der Waals surface area (Å²) in [5.41, 5.74) is 1.77. The van der Waals surface area contributed by atoms with Gasteiger partial charge >= 0.3 is 0 Å². The maximum absolute atomic E-state index is 12.2. The van der Waals surface area contributed by atoms with Crippen LogP contribution < -0.4 is 14.8 Å². The van der Waals surface area contributed by atoms with E-state index in [1.165, 1.54) is 6.08 Å². The van der Waals surface area contributed by atoms with Gasteiger partial charge in [-0.15, -0.1) is 0 Å². The van der Waals surface area contributed by atoms with Gasteiger partial charge in [-0.05, 0) is 42.8 Å². The minimum Gasteiger partial charge on any atom is -0.496 e. The zero-order valence-corrected chi connectivity index (χ0v) is 15.5. The van der Waals surface area contributed by atoms with Gasteiger partial charge in [0.1, 0.15) is 11.5 Å². The molecule has 0 aliphatic heterocycles. The highest BCUT2D eigenvalue weighted by Gasteiger charge is 2.09. The second kappa shape index (κ2) is 8.55. The van der Waals surface area contributed by atoms with E-state index in [4.69, 9.17) is 9.47 Å². The van der Waals surface area contributed by atoms with Gasteiger partial charge in [0.25, 0.3) is 0 Å². The van der Waals surface area contributed by atoms with Gasteiger partial charge in [0, 0.05) is 10.5 Å². The van der Waals surface area contributed by atoms with Crippen molar-refractivity contribution < 1.29 is 14.3 Å². The van der Waals surface area contributed by atoms with Crippen molar-refractivity contribution in [3.05, 3.63) is 64.1 Å². The molecular formula is C19H20BrNO3. The maximum atomic E-state index is 12.2. The van der Waals surface area contributed by atoms with E-state index >= 15 is 0 Å². The average Bonchev–Trinajstić information content (AvgIpc) is 2.59. The van der Waals surface area contributed by atoms with Gasteiger partial charge in [-0.2, -0.15) is 0 Å². The molecule has 0 aliphatic rings. The number of halogens is 1. The summed E-state index contributed by atoms with van der Waals surface area (Å²) < 4.78 is 11.6. The maximum Gasteiger partial charge on any atom is 0.244 e. The number of amides is 1. The normalized spacial score (nSPS) is 12.0. The van der Waals surface area contributed by atoms with Crippen molar-refractivity contribution in [2.45, 2.75) is 13.0 Å². The number of rotatable bonds is 6. The van der Waals surface area contributed by atoms with E-state index in [1.807, 2.05) is 49.4 Å². The predicted octanol–water partition coefficient (Wildman–Crippen LogP) is 4.36. The molecule has 0 aromatic heterocycles. The number of carbonyl (C=O) groups is 1. The van der Waals surface area contributed by atoms with E-state index in [2.05, 4.69) is 21.2 Å². The Kier molecular flexibility index (Phi) is 6.44. The van der Waals surface area contributed by atoms with Crippen LogP contribution in [0.4, 0.5) is 0 Å². The van der Waals surface area contributed by atoms with Crippen molar-refractivity contribution in [1.29, 1.82) is 0 Å². The summed E-state index contributed by atoms with van der Waals surface area (Å²) in [5, 5.41) is 2.94. The van der Waals surface area contributed by atoms with E-state index in [1.54, 1.807) is 20.3 Å². The minimum absolute atomic E-state index is 0.0881. The Morgan fingerprint density at radius 2 is 1.67 bits per heavy atom. The second-order valence-corrected chi connectivity index (χ2v) is 6.11. The van der Waals surface area contributed by atoms with E-state index in [9.17, 15) is 4.79 Å². The van der Waals surface area contributed by atoms with Gasteiger partial charge in [0.2, 0.25) is 5.91 Å². The summed E-state index contributed by atoms with van der Waals surface area (Å²) in [7, 11) is 3.17. The Balaban J connectivity index is 2.09. The van der Waals surface area contributed by atoms with Gasteiger partial charge in [-0.25, -0.2) is 0 Å². The largest absolute Gasteiger partial charge is 0.496 e. The van der Waals surface area contributed by atoms with Gasteiger partial charge in [0.15, 0.2) is 0 Å². The highest BCUT2D eigenvalue weighted by molar-refractivity contribution is 9.10. The van der Waals surface area contributed by atoms with Crippen LogP contribution in [0.2, 0.25) is 0 Å². The summed E-state index contributed by atoms with van der Waals surface area (Å²) in [6.45, 7) is 1.94. The van der Waals surface area contributed by atoms with Crippen LogP contribution in [0.5, 0.6) is 11.5 Å². The number of ether oxygens (including phenoxy) is 2. The Bertz CT molecular complexity index is 704. The topological polar surface area (TPSA) is 47.6 Å².